The predicted octanol–water partition coefficient (Wildman–Crippen LogP) is 11.4. The van der Waals surface area contributed by atoms with Gasteiger partial charge in [-0.3, -0.25) is 0 Å². The monoisotopic (exact) mass is 563 g/mol. The minimum atomic E-state index is 0.929. The van der Waals surface area contributed by atoms with Gasteiger partial charge in [-0.1, -0.05) is 140 Å². The van der Waals surface area contributed by atoms with Gasteiger partial charge < -0.3 is 4.57 Å². The molecule has 0 fully saturated rings. The molecule has 0 radical (unpaired) electrons. The third-order valence-electron chi connectivity index (χ3n) is 9.08. The first-order valence-corrected chi connectivity index (χ1v) is 15.5. The highest BCUT2D eigenvalue weighted by Gasteiger charge is 2.23. The van der Waals surface area contributed by atoms with E-state index in [4.69, 9.17) is 0 Å². The van der Waals surface area contributed by atoms with Crippen LogP contribution in [-0.4, -0.2) is 4.57 Å². The van der Waals surface area contributed by atoms with Gasteiger partial charge in [-0.15, -0.1) is 0 Å². The summed E-state index contributed by atoms with van der Waals surface area (Å²) in [7, 11) is 0. The van der Waals surface area contributed by atoms with Crippen LogP contribution in [-0.2, 0) is 12.8 Å². The maximum atomic E-state index is 2.51. The predicted molar refractivity (Wildman–Crippen MR) is 188 cm³/mol. The van der Waals surface area contributed by atoms with Gasteiger partial charge in [0.1, 0.15) is 0 Å². The summed E-state index contributed by atoms with van der Waals surface area (Å²) >= 11 is 0. The van der Waals surface area contributed by atoms with E-state index in [1.165, 1.54) is 77.2 Å². The summed E-state index contributed by atoms with van der Waals surface area (Å²) < 4.78 is 2.51. The Labute approximate surface area is 258 Å². The van der Waals surface area contributed by atoms with Gasteiger partial charge in [0.05, 0.1) is 11.0 Å². The van der Waals surface area contributed by atoms with Crippen LogP contribution in [0.2, 0.25) is 0 Å². The van der Waals surface area contributed by atoms with E-state index in [1.54, 1.807) is 0 Å². The van der Waals surface area contributed by atoms with Gasteiger partial charge in [-0.05, 0) is 87.7 Å². The second-order valence-corrected chi connectivity index (χ2v) is 11.7. The molecule has 0 spiro atoms. The highest BCUT2D eigenvalue weighted by atomic mass is 15.0. The molecule has 0 N–H and O–H groups in total. The Morgan fingerprint density at radius 1 is 0.477 bits per heavy atom. The fraction of sp³-hybridized carbons (Fsp3) is 0.0698. The Bertz CT molecular complexity index is 2260. The Balaban J connectivity index is 1.41. The third kappa shape index (κ3) is 4.41. The molecule has 8 aromatic rings. The summed E-state index contributed by atoms with van der Waals surface area (Å²) in [4.78, 5) is 0. The standard InChI is InChI=1S/C43H33N/c1-30-14-8-9-19-35(30)41-36-20-10-11-21-37(36)42-38-22-12-13-23-40(38)44(34-17-6-3-7-18-34)43(42)39(41)29-26-31-24-27-33(28-25-31)32-15-4-2-5-16-32/h2-25,27-28H,26,29H2,1H3. The Morgan fingerprint density at radius 3 is 1.82 bits per heavy atom. The van der Waals surface area contributed by atoms with Gasteiger partial charge in [0, 0.05) is 16.5 Å². The molecule has 0 amide bonds. The van der Waals surface area contributed by atoms with Crippen LogP contribution in [0.5, 0.6) is 0 Å². The van der Waals surface area contributed by atoms with E-state index in [0.717, 1.165) is 12.8 Å². The van der Waals surface area contributed by atoms with Crippen LogP contribution >= 0.6 is 0 Å². The van der Waals surface area contributed by atoms with Crippen molar-refractivity contribution in [3.63, 3.8) is 0 Å². The highest BCUT2D eigenvalue weighted by molar-refractivity contribution is 6.25. The van der Waals surface area contributed by atoms with Crippen molar-refractivity contribution in [2.24, 2.45) is 0 Å². The largest absolute Gasteiger partial charge is 0.309 e. The van der Waals surface area contributed by atoms with E-state index in [2.05, 4.69) is 169 Å². The SMILES string of the molecule is Cc1ccccc1-c1c(CCc2ccc(-c3ccccc3)cc2)c2c(c3ccccc13)c1ccccc1n2-c1ccccc1. The molecule has 1 nitrogen and oxygen atoms in total. The van der Waals surface area contributed by atoms with E-state index in [9.17, 15) is 0 Å². The van der Waals surface area contributed by atoms with Crippen LogP contribution in [0.4, 0.5) is 0 Å². The molecular formula is C43H33N. The first-order valence-electron chi connectivity index (χ1n) is 15.5. The van der Waals surface area contributed by atoms with Crippen molar-refractivity contribution in [2.75, 3.05) is 0 Å². The summed E-state index contributed by atoms with van der Waals surface area (Å²) in [6.07, 6.45) is 1.89. The van der Waals surface area contributed by atoms with Crippen molar-refractivity contribution in [1.82, 2.24) is 4.57 Å². The van der Waals surface area contributed by atoms with E-state index < -0.39 is 0 Å². The summed E-state index contributed by atoms with van der Waals surface area (Å²) in [5.41, 5.74) is 13.0. The lowest BCUT2D eigenvalue weighted by Crippen LogP contribution is -2.03. The number of rotatable bonds is 6. The van der Waals surface area contributed by atoms with Gasteiger partial charge in [-0.2, -0.15) is 0 Å². The first kappa shape index (κ1) is 26.2. The number of hydrogen-bond acceptors (Lipinski definition) is 0. The second kappa shape index (κ2) is 11.0. The lowest BCUT2D eigenvalue weighted by Gasteiger charge is -2.20. The topological polar surface area (TPSA) is 4.93 Å². The molecule has 0 saturated carbocycles. The van der Waals surface area contributed by atoms with Crippen molar-refractivity contribution in [1.29, 1.82) is 0 Å². The maximum absolute atomic E-state index is 2.51. The molecule has 1 heterocycles. The molecule has 0 atom stereocenters. The molecule has 8 rings (SSSR count). The van der Waals surface area contributed by atoms with E-state index >= 15 is 0 Å². The van der Waals surface area contributed by atoms with Crippen molar-refractivity contribution in [2.45, 2.75) is 19.8 Å². The number of aryl methyl sites for hydroxylation is 3. The van der Waals surface area contributed by atoms with Gasteiger partial charge in [0.15, 0.2) is 0 Å². The number of hydrogen-bond donors (Lipinski definition) is 0. The molecule has 0 aliphatic rings. The highest BCUT2D eigenvalue weighted by Crippen LogP contribution is 2.45. The molecular weight excluding hydrogens is 530 g/mol. The van der Waals surface area contributed by atoms with Gasteiger partial charge in [0.2, 0.25) is 0 Å². The zero-order valence-corrected chi connectivity index (χ0v) is 24.9. The molecule has 1 aromatic heterocycles. The fourth-order valence-corrected chi connectivity index (χ4v) is 7.01. The molecule has 0 bridgehead atoms. The summed E-state index contributed by atoms with van der Waals surface area (Å²) in [6, 6.07) is 57.5. The molecule has 210 valence electrons. The van der Waals surface area contributed by atoms with Crippen LogP contribution in [0.3, 0.4) is 0 Å². The quantitative estimate of drug-likeness (QED) is 0.190. The molecule has 7 aromatic carbocycles. The van der Waals surface area contributed by atoms with E-state index in [1.807, 2.05) is 0 Å². The average molecular weight is 564 g/mol. The van der Waals surface area contributed by atoms with Crippen LogP contribution in [0.15, 0.2) is 158 Å². The molecule has 1 heteroatoms. The molecule has 0 unspecified atom stereocenters. The molecule has 0 aliphatic carbocycles. The average Bonchev–Trinajstić information content (AvgIpc) is 3.44. The molecule has 0 saturated heterocycles. The minimum Gasteiger partial charge on any atom is -0.309 e. The van der Waals surface area contributed by atoms with Gasteiger partial charge in [0.25, 0.3) is 0 Å². The van der Waals surface area contributed by atoms with Crippen LogP contribution in [0.25, 0.3) is 60.5 Å². The van der Waals surface area contributed by atoms with Crippen molar-refractivity contribution >= 4 is 32.6 Å². The Hall–Kier alpha value is -5.40. The third-order valence-corrected chi connectivity index (χ3v) is 9.08. The lowest BCUT2D eigenvalue weighted by molar-refractivity contribution is 0.963. The van der Waals surface area contributed by atoms with Gasteiger partial charge in [-0.25, -0.2) is 0 Å². The molecule has 0 aliphatic heterocycles. The second-order valence-electron chi connectivity index (χ2n) is 11.7. The summed E-state index contributed by atoms with van der Waals surface area (Å²) in [6.45, 7) is 2.24. The number of nitrogens with zero attached hydrogens (tertiary/aromatic N) is 1. The normalized spacial score (nSPS) is 11.5. The van der Waals surface area contributed by atoms with Crippen molar-refractivity contribution < 1.29 is 0 Å². The zero-order valence-electron chi connectivity index (χ0n) is 24.9. The molecule has 44 heavy (non-hydrogen) atoms. The number of benzene rings is 7. The smallest absolute Gasteiger partial charge is 0.0585 e. The minimum absolute atomic E-state index is 0.929. The number of aromatic nitrogens is 1. The lowest BCUT2D eigenvalue weighted by atomic mass is 9.86. The summed E-state index contributed by atoms with van der Waals surface area (Å²) in [5.74, 6) is 0. The summed E-state index contributed by atoms with van der Waals surface area (Å²) in [5, 5.41) is 5.27. The van der Waals surface area contributed by atoms with Crippen molar-refractivity contribution in [3.05, 3.63) is 174 Å². The van der Waals surface area contributed by atoms with Crippen LogP contribution < -0.4 is 0 Å². The zero-order chi connectivity index (χ0) is 29.5. The number of fused-ring (bicyclic) bond motifs is 5. The van der Waals surface area contributed by atoms with E-state index in [0.29, 0.717) is 0 Å². The first-order chi connectivity index (χ1) is 21.8. The van der Waals surface area contributed by atoms with E-state index in [-0.39, 0.29) is 0 Å². The van der Waals surface area contributed by atoms with Crippen LogP contribution in [0, 0.1) is 6.92 Å². The Morgan fingerprint density at radius 2 is 1.07 bits per heavy atom. The fourth-order valence-electron chi connectivity index (χ4n) is 7.01. The van der Waals surface area contributed by atoms with Gasteiger partial charge >= 0.3 is 0 Å². The van der Waals surface area contributed by atoms with Crippen LogP contribution in [0.1, 0.15) is 16.7 Å². The number of para-hydroxylation sites is 2. The van der Waals surface area contributed by atoms with Crippen molar-refractivity contribution in [3.8, 4) is 27.9 Å². The Kier molecular flexibility index (Phi) is 6.57. The maximum Gasteiger partial charge on any atom is 0.0585 e.